The molecular weight excluding hydrogens is 290 g/mol. The summed E-state index contributed by atoms with van der Waals surface area (Å²) in [5.74, 6) is 0. The molecule has 1 atom stereocenters. The predicted octanol–water partition coefficient (Wildman–Crippen LogP) is 5.82. The molecule has 0 bridgehead atoms. The summed E-state index contributed by atoms with van der Waals surface area (Å²) in [4.78, 5) is 2.62. The number of hydrogen-bond donors (Lipinski definition) is 0. The van der Waals surface area contributed by atoms with Crippen LogP contribution in [0.3, 0.4) is 0 Å². The second-order valence-corrected chi connectivity index (χ2v) is 6.55. The minimum Gasteiger partial charge on any atom is -0.288 e. The molecule has 0 saturated carbocycles. The third-order valence-electron chi connectivity index (χ3n) is 5.08. The molecule has 0 N–H and O–H groups in total. The summed E-state index contributed by atoms with van der Waals surface area (Å²) in [7, 11) is 0. The molecule has 0 saturated heterocycles. The number of nitrogens with zero attached hydrogens (tertiary/aromatic N) is 1. The van der Waals surface area contributed by atoms with Gasteiger partial charge in [0.15, 0.2) is 0 Å². The van der Waals surface area contributed by atoms with Crippen molar-refractivity contribution < 1.29 is 0 Å². The van der Waals surface area contributed by atoms with Crippen LogP contribution in [0.15, 0.2) is 78.9 Å². The molecule has 120 valence electrons. The quantitative estimate of drug-likeness (QED) is 0.589. The summed E-state index contributed by atoms with van der Waals surface area (Å²) in [5, 5.41) is 0. The fraction of sp³-hybridized carbons (Fsp3) is 0.217. The summed E-state index contributed by atoms with van der Waals surface area (Å²) in [6, 6.07) is 29.1. The predicted molar refractivity (Wildman–Crippen MR) is 101 cm³/mol. The van der Waals surface area contributed by atoms with Crippen LogP contribution in [-0.4, -0.2) is 4.90 Å². The third-order valence-corrected chi connectivity index (χ3v) is 5.08. The summed E-state index contributed by atoms with van der Waals surface area (Å²) in [6.45, 7) is 4.29. The van der Waals surface area contributed by atoms with Gasteiger partial charge in [0, 0.05) is 19.1 Å². The fourth-order valence-electron chi connectivity index (χ4n) is 3.94. The number of hydrogen-bond acceptors (Lipinski definition) is 1. The molecule has 3 aromatic carbocycles. The van der Waals surface area contributed by atoms with Crippen LogP contribution in [0.25, 0.3) is 11.1 Å². The molecule has 3 aromatic rings. The smallest absolute Gasteiger partial charge is 0.0352 e. The van der Waals surface area contributed by atoms with E-state index in [1.165, 1.54) is 27.8 Å². The molecule has 4 rings (SSSR count). The van der Waals surface area contributed by atoms with Gasteiger partial charge < -0.3 is 0 Å². The zero-order valence-electron chi connectivity index (χ0n) is 14.2. The van der Waals surface area contributed by atoms with Crippen LogP contribution in [0.5, 0.6) is 0 Å². The van der Waals surface area contributed by atoms with Crippen molar-refractivity contribution >= 4 is 0 Å². The largest absolute Gasteiger partial charge is 0.288 e. The van der Waals surface area contributed by atoms with E-state index < -0.39 is 0 Å². The minimum absolute atomic E-state index is 0.449. The molecule has 0 spiro atoms. The van der Waals surface area contributed by atoms with Crippen LogP contribution in [0.4, 0.5) is 0 Å². The number of fused-ring (bicyclic) bond motifs is 3. The average molecular weight is 313 g/mol. The standard InChI is InChI=1S/C23H23N/c1-2-23(18-10-4-3-5-11-18)24-16-19-12-6-8-14-21(19)22-15-9-7-13-20(22)17-24/h3-15,23H,2,16-17H2,1H3. The van der Waals surface area contributed by atoms with E-state index in [9.17, 15) is 0 Å². The third kappa shape index (κ3) is 2.76. The van der Waals surface area contributed by atoms with Gasteiger partial charge in [-0.05, 0) is 34.2 Å². The maximum atomic E-state index is 2.62. The molecule has 1 aliphatic rings. The number of benzene rings is 3. The lowest BCUT2D eigenvalue weighted by Crippen LogP contribution is -2.27. The Labute approximate surface area is 144 Å². The molecule has 24 heavy (non-hydrogen) atoms. The van der Waals surface area contributed by atoms with Crippen molar-refractivity contribution in [1.82, 2.24) is 4.90 Å². The Morgan fingerprint density at radius 3 is 1.75 bits per heavy atom. The summed E-state index contributed by atoms with van der Waals surface area (Å²) < 4.78 is 0. The van der Waals surface area contributed by atoms with E-state index in [4.69, 9.17) is 0 Å². The first-order valence-corrected chi connectivity index (χ1v) is 8.82. The Kier molecular flexibility index (Phi) is 4.18. The molecule has 0 aliphatic carbocycles. The highest BCUT2D eigenvalue weighted by Gasteiger charge is 2.24. The van der Waals surface area contributed by atoms with E-state index in [0.717, 1.165) is 19.5 Å². The highest BCUT2D eigenvalue weighted by atomic mass is 15.2. The van der Waals surface area contributed by atoms with Crippen molar-refractivity contribution in [1.29, 1.82) is 0 Å². The maximum Gasteiger partial charge on any atom is 0.0352 e. The molecule has 1 heteroatoms. The molecule has 1 aliphatic heterocycles. The molecule has 0 radical (unpaired) electrons. The van der Waals surface area contributed by atoms with Gasteiger partial charge >= 0.3 is 0 Å². The van der Waals surface area contributed by atoms with Gasteiger partial charge in [-0.15, -0.1) is 0 Å². The molecule has 0 fully saturated rings. The molecule has 1 nitrogen and oxygen atoms in total. The Bertz CT molecular complexity index is 775. The first-order chi connectivity index (χ1) is 11.9. The van der Waals surface area contributed by atoms with Crippen molar-refractivity contribution in [3.8, 4) is 11.1 Å². The summed E-state index contributed by atoms with van der Waals surface area (Å²) >= 11 is 0. The molecule has 0 aromatic heterocycles. The SMILES string of the molecule is CCC(c1ccccc1)N1Cc2ccccc2-c2ccccc2C1. The lowest BCUT2D eigenvalue weighted by atomic mass is 9.97. The molecule has 1 heterocycles. The van der Waals surface area contributed by atoms with Crippen LogP contribution >= 0.6 is 0 Å². The highest BCUT2D eigenvalue weighted by Crippen LogP contribution is 2.36. The summed E-state index contributed by atoms with van der Waals surface area (Å²) in [6.07, 6.45) is 1.12. The van der Waals surface area contributed by atoms with Crippen LogP contribution in [0.1, 0.15) is 36.1 Å². The Balaban J connectivity index is 1.80. The van der Waals surface area contributed by atoms with E-state index >= 15 is 0 Å². The lowest BCUT2D eigenvalue weighted by Gasteiger charge is -2.31. The maximum absolute atomic E-state index is 2.62. The van der Waals surface area contributed by atoms with Gasteiger partial charge in [0.25, 0.3) is 0 Å². The van der Waals surface area contributed by atoms with Crippen molar-refractivity contribution in [3.05, 3.63) is 95.6 Å². The van der Waals surface area contributed by atoms with Gasteiger partial charge in [0.2, 0.25) is 0 Å². The van der Waals surface area contributed by atoms with Crippen LogP contribution < -0.4 is 0 Å². The normalized spacial score (nSPS) is 15.2. The van der Waals surface area contributed by atoms with Gasteiger partial charge in [-0.3, -0.25) is 4.90 Å². The van der Waals surface area contributed by atoms with E-state index in [2.05, 4.69) is 90.7 Å². The second kappa shape index (κ2) is 6.62. The lowest BCUT2D eigenvalue weighted by molar-refractivity contribution is 0.176. The number of rotatable bonds is 3. The Morgan fingerprint density at radius 2 is 1.21 bits per heavy atom. The van der Waals surface area contributed by atoms with Crippen molar-refractivity contribution in [3.63, 3.8) is 0 Å². The molecule has 0 amide bonds. The van der Waals surface area contributed by atoms with Gasteiger partial charge in [-0.2, -0.15) is 0 Å². The zero-order chi connectivity index (χ0) is 16.4. The first-order valence-electron chi connectivity index (χ1n) is 8.82. The first kappa shape index (κ1) is 15.2. The van der Waals surface area contributed by atoms with E-state index in [0.29, 0.717) is 6.04 Å². The Hall–Kier alpha value is -2.38. The zero-order valence-corrected chi connectivity index (χ0v) is 14.2. The van der Waals surface area contributed by atoms with E-state index in [-0.39, 0.29) is 0 Å². The minimum atomic E-state index is 0.449. The van der Waals surface area contributed by atoms with Crippen molar-refractivity contribution in [2.75, 3.05) is 0 Å². The van der Waals surface area contributed by atoms with Crippen LogP contribution in [0.2, 0.25) is 0 Å². The van der Waals surface area contributed by atoms with E-state index in [1.807, 2.05) is 0 Å². The fourth-order valence-corrected chi connectivity index (χ4v) is 3.94. The average Bonchev–Trinajstić information content (AvgIpc) is 2.80. The molecule has 1 unspecified atom stereocenters. The van der Waals surface area contributed by atoms with E-state index in [1.54, 1.807) is 0 Å². The van der Waals surface area contributed by atoms with Gasteiger partial charge in [0.05, 0.1) is 0 Å². The van der Waals surface area contributed by atoms with Gasteiger partial charge in [-0.25, -0.2) is 0 Å². The van der Waals surface area contributed by atoms with Crippen molar-refractivity contribution in [2.24, 2.45) is 0 Å². The molecular formula is C23H23N. The Morgan fingerprint density at radius 1 is 0.708 bits per heavy atom. The van der Waals surface area contributed by atoms with Crippen molar-refractivity contribution in [2.45, 2.75) is 32.5 Å². The highest BCUT2D eigenvalue weighted by molar-refractivity contribution is 5.71. The monoisotopic (exact) mass is 313 g/mol. The topological polar surface area (TPSA) is 3.24 Å². The van der Waals surface area contributed by atoms with Gasteiger partial charge in [-0.1, -0.05) is 85.8 Å². The second-order valence-electron chi connectivity index (χ2n) is 6.55. The van der Waals surface area contributed by atoms with Crippen LogP contribution in [0, 0.1) is 0 Å². The van der Waals surface area contributed by atoms with Crippen LogP contribution in [-0.2, 0) is 13.1 Å². The van der Waals surface area contributed by atoms with Gasteiger partial charge in [0.1, 0.15) is 0 Å². The summed E-state index contributed by atoms with van der Waals surface area (Å²) in [5.41, 5.74) is 7.04.